The summed E-state index contributed by atoms with van der Waals surface area (Å²) in [6.45, 7) is 4.58. The first kappa shape index (κ1) is 12.6. The fourth-order valence-corrected chi connectivity index (χ4v) is 2.58. The smallest absolute Gasteiger partial charge is 0.142 e. The van der Waals surface area contributed by atoms with Gasteiger partial charge in [-0.15, -0.1) is 11.3 Å². The Morgan fingerprint density at radius 1 is 1.50 bits per heavy atom. The second-order valence-electron chi connectivity index (χ2n) is 4.10. The minimum absolute atomic E-state index is 0.618. The quantitative estimate of drug-likeness (QED) is 0.914. The van der Waals surface area contributed by atoms with E-state index in [1.807, 2.05) is 26.3 Å². The maximum atomic E-state index is 9.08. The largest absolute Gasteiger partial charge is 0.369 e. The van der Waals surface area contributed by atoms with E-state index < -0.39 is 0 Å². The lowest BCUT2D eigenvalue weighted by Crippen LogP contribution is -2.09. The predicted octanol–water partition coefficient (Wildman–Crippen LogP) is 2.02. The molecular formula is C12H15N5S. The summed E-state index contributed by atoms with van der Waals surface area (Å²) in [5.74, 6) is 0.781. The van der Waals surface area contributed by atoms with Crippen molar-refractivity contribution in [2.45, 2.75) is 20.3 Å². The number of aromatic nitrogens is 3. The van der Waals surface area contributed by atoms with E-state index in [1.165, 1.54) is 0 Å². The second kappa shape index (κ2) is 5.19. The highest BCUT2D eigenvalue weighted by Gasteiger charge is 2.12. The van der Waals surface area contributed by atoms with Crippen molar-refractivity contribution >= 4 is 17.2 Å². The molecule has 0 saturated heterocycles. The van der Waals surface area contributed by atoms with Crippen molar-refractivity contribution in [2.75, 3.05) is 11.9 Å². The fourth-order valence-electron chi connectivity index (χ4n) is 1.80. The van der Waals surface area contributed by atoms with E-state index in [2.05, 4.69) is 21.5 Å². The maximum Gasteiger partial charge on any atom is 0.142 e. The molecular weight excluding hydrogens is 246 g/mol. The van der Waals surface area contributed by atoms with Gasteiger partial charge in [-0.25, -0.2) is 4.98 Å². The van der Waals surface area contributed by atoms with Crippen LogP contribution in [0.4, 0.5) is 5.82 Å². The Kier molecular flexibility index (Phi) is 3.63. The third kappa shape index (κ3) is 2.51. The van der Waals surface area contributed by atoms with Crippen molar-refractivity contribution in [3.63, 3.8) is 0 Å². The lowest BCUT2D eigenvalue weighted by Gasteiger charge is -2.05. The van der Waals surface area contributed by atoms with Crippen molar-refractivity contribution in [3.8, 4) is 6.07 Å². The predicted molar refractivity (Wildman–Crippen MR) is 71.7 cm³/mol. The van der Waals surface area contributed by atoms with Crippen LogP contribution in [0.1, 0.15) is 22.0 Å². The van der Waals surface area contributed by atoms with Crippen LogP contribution in [0.5, 0.6) is 0 Å². The van der Waals surface area contributed by atoms with Crippen molar-refractivity contribution in [1.82, 2.24) is 14.8 Å². The molecule has 0 aliphatic carbocycles. The summed E-state index contributed by atoms with van der Waals surface area (Å²) in [4.78, 5) is 4.40. The van der Waals surface area contributed by atoms with Crippen LogP contribution in [0.3, 0.4) is 0 Å². The molecule has 18 heavy (non-hydrogen) atoms. The number of hydrogen-bond acceptors (Lipinski definition) is 5. The summed E-state index contributed by atoms with van der Waals surface area (Å²) in [5.41, 5.74) is 2.43. The third-order valence-electron chi connectivity index (χ3n) is 2.63. The van der Waals surface area contributed by atoms with Crippen LogP contribution in [-0.4, -0.2) is 21.3 Å². The summed E-state index contributed by atoms with van der Waals surface area (Å²) in [5, 5.41) is 19.7. The highest BCUT2D eigenvalue weighted by molar-refractivity contribution is 7.09. The number of rotatable bonds is 4. The molecule has 6 heteroatoms. The van der Waals surface area contributed by atoms with Crippen LogP contribution in [0.2, 0.25) is 0 Å². The number of aryl methyl sites for hydroxylation is 3. The molecule has 1 N–H and O–H groups in total. The van der Waals surface area contributed by atoms with E-state index in [1.54, 1.807) is 16.0 Å². The van der Waals surface area contributed by atoms with Gasteiger partial charge in [-0.1, -0.05) is 0 Å². The zero-order chi connectivity index (χ0) is 13.1. The number of nitrogens with zero attached hydrogens (tertiary/aromatic N) is 4. The zero-order valence-electron chi connectivity index (χ0n) is 10.7. The minimum Gasteiger partial charge on any atom is -0.369 e. The van der Waals surface area contributed by atoms with E-state index in [9.17, 15) is 0 Å². The van der Waals surface area contributed by atoms with E-state index >= 15 is 0 Å². The van der Waals surface area contributed by atoms with Crippen LogP contribution in [0, 0.1) is 25.2 Å². The molecule has 0 spiro atoms. The molecule has 0 aliphatic heterocycles. The minimum atomic E-state index is 0.618. The third-order valence-corrected chi connectivity index (χ3v) is 3.66. The van der Waals surface area contributed by atoms with Gasteiger partial charge in [-0.3, -0.25) is 4.68 Å². The number of nitrogens with one attached hydrogen (secondary N) is 1. The standard InChI is InChI=1S/C12H15N5S/c1-8-7-18-11(15-8)4-5-14-12-10(6-13)9(2)16-17(12)3/h7,14H,4-5H2,1-3H3. The molecule has 0 atom stereocenters. The van der Waals surface area contributed by atoms with Gasteiger partial charge in [0.1, 0.15) is 17.5 Å². The highest BCUT2D eigenvalue weighted by atomic mass is 32.1. The van der Waals surface area contributed by atoms with Gasteiger partial charge in [-0.05, 0) is 13.8 Å². The van der Waals surface area contributed by atoms with Crippen LogP contribution in [0.15, 0.2) is 5.38 Å². The van der Waals surface area contributed by atoms with E-state index in [-0.39, 0.29) is 0 Å². The number of hydrogen-bond donors (Lipinski definition) is 1. The first-order valence-electron chi connectivity index (χ1n) is 5.70. The summed E-state index contributed by atoms with van der Waals surface area (Å²) in [7, 11) is 1.84. The molecule has 0 aliphatic rings. The monoisotopic (exact) mass is 261 g/mol. The second-order valence-corrected chi connectivity index (χ2v) is 5.05. The Morgan fingerprint density at radius 3 is 2.89 bits per heavy atom. The van der Waals surface area contributed by atoms with Gasteiger partial charge in [0.2, 0.25) is 0 Å². The van der Waals surface area contributed by atoms with Gasteiger partial charge in [0, 0.05) is 31.1 Å². The fraction of sp³-hybridized carbons (Fsp3) is 0.417. The van der Waals surface area contributed by atoms with Crippen LogP contribution < -0.4 is 5.32 Å². The molecule has 0 fully saturated rings. The molecule has 0 saturated carbocycles. The summed E-state index contributed by atoms with van der Waals surface area (Å²) in [6, 6.07) is 2.18. The van der Waals surface area contributed by atoms with Crippen LogP contribution >= 0.6 is 11.3 Å². The molecule has 0 bridgehead atoms. The molecule has 0 amide bonds. The lowest BCUT2D eigenvalue weighted by atomic mass is 10.2. The molecule has 2 rings (SSSR count). The molecule has 2 heterocycles. The highest BCUT2D eigenvalue weighted by Crippen LogP contribution is 2.17. The Balaban J connectivity index is 2.01. The average molecular weight is 261 g/mol. The van der Waals surface area contributed by atoms with Crippen molar-refractivity contribution in [3.05, 3.63) is 27.3 Å². The van der Waals surface area contributed by atoms with E-state index in [0.29, 0.717) is 5.56 Å². The molecule has 0 aromatic carbocycles. The molecule has 0 radical (unpaired) electrons. The van der Waals surface area contributed by atoms with Gasteiger partial charge < -0.3 is 5.32 Å². The SMILES string of the molecule is Cc1csc(CCNc2c(C#N)c(C)nn2C)n1. The molecule has 2 aromatic rings. The first-order valence-corrected chi connectivity index (χ1v) is 6.58. The van der Waals surface area contributed by atoms with Gasteiger partial charge in [-0.2, -0.15) is 10.4 Å². The summed E-state index contributed by atoms with van der Waals surface area (Å²) < 4.78 is 1.71. The average Bonchev–Trinajstić information content (AvgIpc) is 2.84. The van der Waals surface area contributed by atoms with Crippen molar-refractivity contribution in [2.24, 2.45) is 7.05 Å². The molecule has 5 nitrogen and oxygen atoms in total. The number of anilines is 1. The van der Waals surface area contributed by atoms with E-state index in [0.717, 1.165) is 35.2 Å². The Morgan fingerprint density at radius 2 is 2.28 bits per heavy atom. The molecule has 0 unspecified atom stereocenters. The Hall–Kier alpha value is -1.87. The van der Waals surface area contributed by atoms with E-state index in [4.69, 9.17) is 5.26 Å². The number of thiazole rings is 1. The Bertz CT molecular complexity index is 590. The normalized spacial score (nSPS) is 10.3. The van der Waals surface area contributed by atoms with Gasteiger partial charge in [0.25, 0.3) is 0 Å². The number of nitriles is 1. The van der Waals surface area contributed by atoms with Gasteiger partial charge >= 0.3 is 0 Å². The topological polar surface area (TPSA) is 66.5 Å². The Labute approximate surface area is 110 Å². The molecule has 94 valence electrons. The van der Waals surface area contributed by atoms with Crippen LogP contribution in [-0.2, 0) is 13.5 Å². The van der Waals surface area contributed by atoms with Crippen molar-refractivity contribution in [1.29, 1.82) is 5.26 Å². The van der Waals surface area contributed by atoms with Gasteiger partial charge in [0.05, 0.1) is 10.7 Å². The summed E-state index contributed by atoms with van der Waals surface area (Å²) >= 11 is 1.67. The summed E-state index contributed by atoms with van der Waals surface area (Å²) in [6.07, 6.45) is 0.855. The maximum absolute atomic E-state index is 9.08. The van der Waals surface area contributed by atoms with Crippen LogP contribution in [0.25, 0.3) is 0 Å². The zero-order valence-corrected chi connectivity index (χ0v) is 11.5. The lowest BCUT2D eigenvalue weighted by molar-refractivity contribution is 0.757. The van der Waals surface area contributed by atoms with Gasteiger partial charge in [0.15, 0.2) is 0 Å². The van der Waals surface area contributed by atoms with Crippen molar-refractivity contribution < 1.29 is 0 Å². The first-order chi connectivity index (χ1) is 8.61. The molecule has 2 aromatic heterocycles.